The largest absolute Gasteiger partial charge is 0.385 e. The molecule has 5 heteroatoms. The molecule has 0 aliphatic carbocycles. The van der Waals surface area contributed by atoms with E-state index in [2.05, 4.69) is 16.0 Å². The van der Waals surface area contributed by atoms with Crippen LogP contribution in [0.4, 0.5) is 10.1 Å². The lowest BCUT2D eigenvalue weighted by Crippen LogP contribution is -2.29. The van der Waals surface area contributed by atoms with Crippen LogP contribution in [-0.4, -0.2) is 22.6 Å². The molecule has 0 radical (unpaired) electrons. The van der Waals surface area contributed by atoms with Gasteiger partial charge in [-0.2, -0.15) is 0 Å². The van der Waals surface area contributed by atoms with Crippen molar-refractivity contribution in [2.45, 2.75) is 12.5 Å². The van der Waals surface area contributed by atoms with Crippen molar-refractivity contribution in [2.75, 3.05) is 0 Å². The molecule has 2 heterocycles. The minimum absolute atomic E-state index is 0.313. The van der Waals surface area contributed by atoms with Crippen molar-refractivity contribution in [1.29, 1.82) is 0 Å². The van der Waals surface area contributed by atoms with E-state index < -0.39 is 6.04 Å². The fourth-order valence-electron chi connectivity index (χ4n) is 3.80. The van der Waals surface area contributed by atoms with Crippen LogP contribution in [0.15, 0.2) is 89.0 Å². The number of hydrogen-bond acceptors (Lipinski definition) is 3. The van der Waals surface area contributed by atoms with E-state index >= 15 is 0 Å². The van der Waals surface area contributed by atoms with Crippen LogP contribution >= 0.6 is 0 Å². The van der Waals surface area contributed by atoms with Crippen molar-refractivity contribution in [3.63, 3.8) is 0 Å². The number of amidine groups is 1. The van der Waals surface area contributed by atoms with Gasteiger partial charge < -0.3 is 10.7 Å². The van der Waals surface area contributed by atoms with Crippen molar-refractivity contribution in [2.24, 2.45) is 15.7 Å². The molecule has 4 nitrogen and oxygen atoms in total. The molecule has 1 atom stereocenters. The highest BCUT2D eigenvalue weighted by atomic mass is 19.1. The lowest BCUT2D eigenvalue weighted by Gasteiger charge is -2.13. The highest BCUT2D eigenvalue weighted by Gasteiger charge is 2.24. The summed E-state index contributed by atoms with van der Waals surface area (Å²) in [6.45, 7) is 0. The summed E-state index contributed by atoms with van der Waals surface area (Å²) in [5, 5.41) is 1.13. The highest BCUT2D eigenvalue weighted by molar-refractivity contribution is 6.17. The zero-order valence-electron chi connectivity index (χ0n) is 15.6. The van der Waals surface area contributed by atoms with Crippen LogP contribution in [0.3, 0.4) is 0 Å². The van der Waals surface area contributed by atoms with Crippen LogP contribution in [0, 0.1) is 5.82 Å². The second kappa shape index (κ2) is 7.02. The van der Waals surface area contributed by atoms with E-state index in [1.807, 2.05) is 54.7 Å². The normalized spacial score (nSPS) is 16.1. The van der Waals surface area contributed by atoms with Crippen molar-refractivity contribution in [1.82, 2.24) is 4.98 Å². The maximum Gasteiger partial charge on any atom is 0.132 e. The first-order valence-electron chi connectivity index (χ1n) is 9.52. The zero-order chi connectivity index (χ0) is 19.8. The van der Waals surface area contributed by atoms with Gasteiger partial charge in [-0.3, -0.25) is 4.99 Å². The summed E-state index contributed by atoms with van der Waals surface area (Å²) in [5.74, 6) is 0.112. The number of aromatic amines is 1. The SMILES string of the molecule is NC1=Nc2ccccc2C(c2ccccc2F)=N[C@@H]1Cc1c[nH]c2ccccc12. The number of nitrogens with zero attached hydrogens (tertiary/aromatic N) is 2. The Balaban J connectivity index is 1.65. The average molecular weight is 382 g/mol. The third-order valence-electron chi connectivity index (χ3n) is 5.25. The summed E-state index contributed by atoms with van der Waals surface area (Å²) in [7, 11) is 0. The Morgan fingerprint density at radius 3 is 2.48 bits per heavy atom. The van der Waals surface area contributed by atoms with E-state index in [1.54, 1.807) is 12.1 Å². The molecule has 29 heavy (non-hydrogen) atoms. The Labute approximate surface area is 167 Å². The Morgan fingerprint density at radius 2 is 1.62 bits per heavy atom. The maximum atomic E-state index is 14.7. The van der Waals surface area contributed by atoms with E-state index in [0.717, 1.165) is 22.0 Å². The molecule has 0 spiro atoms. The summed E-state index contributed by atoms with van der Waals surface area (Å²) in [6, 6.07) is 22.0. The van der Waals surface area contributed by atoms with Crippen molar-refractivity contribution < 1.29 is 4.39 Å². The zero-order valence-corrected chi connectivity index (χ0v) is 15.6. The number of aliphatic imine (C=N–C) groups is 2. The number of fused-ring (bicyclic) bond motifs is 2. The molecule has 0 fully saturated rings. The average Bonchev–Trinajstić information content (AvgIpc) is 3.09. The first kappa shape index (κ1) is 17.4. The second-order valence-electron chi connectivity index (χ2n) is 7.09. The summed E-state index contributed by atoms with van der Waals surface area (Å²) < 4.78 is 14.7. The van der Waals surface area contributed by atoms with Crippen LogP contribution in [-0.2, 0) is 6.42 Å². The molecule has 3 aromatic carbocycles. The van der Waals surface area contributed by atoms with Crippen LogP contribution in [0.2, 0.25) is 0 Å². The van der Waals surface area contributed by atoms with Gasteiger partial charge in [0.2, 0.25) is 0 Å². The Bertz CT molecular complexity index is 1270. The molecule has 0 unspecified atom stereocenters. The van der Waals surface area contributed by atoms with Gasteiger partial charge in [-0.25, -0.2) is 9.38 Å². The molecule has 1 aliphatic heterocycles. The lowest BCUT2D eigenvalue weighted by molar-refractivity contribution is 0.625. The fraction of sp³-hybridized carbons (Fsp3) is 0.0833. The van der Waals surface area contributed by atoms with Gasteiger partial charge in [-0.15, -0.1) is 0 Å². The number of H-pyrrole nitrogens is 1. The smallest absolute Gasteiger partial charge is 0.132 e. The number of nitrogens with two attached hydrogens (primary N) is 1. The summed E-state index contributed by atoms with van der Waals surface area (Å²) in [5.41, 5.74) is 11.0. The number of hydrogen-bond donors (Lipinski definition) is 2. The van der Waals surface area contributed by atoms with Gasteiger partial charge in [0.15, 0.2) is 0 Å². The van der Waals surface area contributed by atoms with Gasteiger partial charge in [-0.05, 0) is 29.8 Å². The monoisotopic (exact) mass is 382 g/mol. The predicted octanol–water partition coefficient (Wildman–Crippen LogP) is 4.76. The molecule has 142 valence electrons. The molecule has 4 aromatic rings. The number of para-hydroxylation sites is 2. The fourth-order valence-corrected chi connectivity index (χ4v) is 3.80. The quantitative estimate of drug-likeness (QED) is 0.527. The Kier molecular flexibility index (Phi) is 4.21. The van der Waals surface area contributed by atoms with Crippen LogP contribution in [0.25, 0.3) is 10.9 Å². The molecule has 0 amide bonds. The second-order valence-corrected chi connectivity index (χ2v) is 7.09. The van der Waals surface area contributed by atoms with Gasteiger partial charge in [0, 0.05) is 34.6 Å². The Hall–Kier alpha value is -3.73. The van der Waals surface area contributed by atoms with Crippen molar-refractivity contribution in [3.05, 3.63) is 102 Å². The van der Waals surface area contributed by atoms with Gasteiger partial charge in [0.25, 0.3) is 0 Å². The minimum atomic E-state index is -0.392. The molecule has 1 aromatic heterocycles. The third kappa shape index (κ3) is 3.10. The van der Waals surface area contributed by atoms with E-state index in [9.17, 15) is 4.39 Å². The standard InChI is InChI=1S/C24H19FN4/c25-19-10-4-1-8-17(19)23-18-9-3-6-12-21(18)29-24(26)22(28-23)13-15-14-27-20-11-5-2-7-16(15)20/h1-12,14,22,27H,13H2,(H2,26,29)/t22-/m1/s1. The molecular weight excluding hydrogens is 363 g/mol. The molecule has 0 saturated carbocycles. The molecule has 5 rings (SSSR count). The van der Waals surface area contributed by atoms with Gasteiger partial charge in [0.05, 0.1) is 11.4 Å². The molecule has 0 saturated heterocycles. The van der Waals surface area contributed by atoms with E-state index in [4.69, 9.17) is 10.7 Å². The number of halogens is 1. The first-order valence-corrected chi connectivity index (χ1v) is 9.52. The van der Waals surface area contributed by atoms with Crippen molar-refractivity contribution in [3.8, 4) is 0 Å². The van der Waals surface area contributed by atoms with Crippen LogP contribution < -0.4 is 5.73 Å². The Morgan fingerprint density at radius 1 is 0.897 bits per heavy atom. The van der Waals surface area contributed by atoms with Gasteiger partial charge in [-0.1, -0.05) is 48.5 Å². The first-order chi connectivity index (χ1) is 14.2. The molecule has 3 N–H and O–H groups in total. The van der Waals surface area contributed by atoms with Crippen LogP contribution in [0.5, 0.6) is 0 Å². The number of aromatic nitrogens is 1. The van der Waals surface area contributed by atoms with E-state index in [-0.39, 0.29) is 5.82 Å². The summed E-state index contributed by atoms with van der Waals surface area (Å²) in [6.07, 6.45) is 2.56. The van der Waals surface area contributed by atoms with Crippen molar-refractivity contribution >= 4 is 28.1 Å². The number of benzene rings is 3. The number of rotatable bonds is 3. The third-order valence-corrected chi connectivity index (χ3v) is 5.25. The topological polar surface area (TPSA) is 66.5 Å². The predicted molar refractivity (Wildman–Crippen MR) is 116 cm³/mol. The van der Waals surface area contributed by atoms with Gasteiger partial charge >= 0.3 is 0 Å². The molecular formula is C24H19FN4. The maximum absolute atomic E-state index is 14.7. The number of nitrogens with one attached hydrogen (secondary N) is 1. The molecule has 1 aliphatic rings. The summed E-state index contributed by atoms with van der Waals surface area (Å²) >= 11 is 0. The molecule has 0 bridgehead atoms. The van der Waals surface area contributed by atoms with E-state index in [0.29, 0.717) is 29.2 Å². The van der Waals surface area contributed by atoms with Crippen LogP contribution in [0.1, 0.15) is 16.7 Å². The lowest BCUT2D eigenvalue weighted by atomic mass is 9.99. The minimum Gasteiger partial charge on any atom is -0.385 e. The summed E-state index contributed by atoms with van der Waals surface area (Å²) in [4.78, 5) is 12.8. The van der Waals surface area contributed by atoms with Gasteiger partial charge in [0.1, 0.15) is 17.7 Å². The van der Waals surface area contributed by atoms with E-state index in [1.165, 1.54) is 6.07 Å². The highest BCUT2D eigenvalue weighted by Crippen LogP contribution is 2.29.